The minimum absolute atomic E-state index is 0.0613. The minimum Gasteiger partial charge on any atom is -0.618 e. The van der Waals surface area contributed by atoms with Gasteiger partial charge < -0.3 is 10.3 Å². The second-order valence-corrected chi connectivity index (χ2v) is 3.52. The first kappa shape index (κ1) is 12.0. The molecule has 18 heavy (non-hydrogen) atoms. The highest BCUT2D eigenvalue weighted by Crippen LogP contribution is 2.18. The molecule has 0 saturated carbocycles. The monoisotopic (exact) mass is 251 g/mol. The van der Waals surface area contributed by atoms with Gasteiger partial charge in [0.05, 0.1) is 5.56 Å². The Balaban J connectivity index is 2.60. The molecule has 1 aromatic heterocycles. The van der Waals surface area contributed by atoms with Gasteiger partial charge in [-0.05, 0) is 24.3 Å². The molecule has 0 spiro atoms. The quantitative estimate of drug-likeness (QED) is 0.655. The van der Waals surface area contributed by atoms with E-state index in [1.54, 1.807) is 0 Å². The van der Waals surface area contributed by atoms with Crippen molar-refractivity contribution in [3.8, 4) is 11.3 Å². The Labute approximate surface area is 100 Å². The molecule has 0 atom stereocenters. The number of pyridine rings is 1. The third-order valence-electron chi connectivity index (χ3n) is 2.38. The number of halogens is 2. The molecule has 2 rings (SSSR count). The summed E-state index contributed by atoms with van der Waals surface area (Å²) in [6.45, 7) is 0. The van der Waals surface area contributed by atoms with Crippen LogP contribution in [0.15, 0.2) is 36.4 Å². The Kier molecular flexibility index (Phi) is 2.93. The Morgan fingerprint density at radius 3 is 2.50 bits per heavy atom. The van der Waals surface area contributed by atoms with E-state index in [9.17, 15) is 18.8 Å². The topological polar surface area (TPSA) is 64.2 Å². The summed E-state index contributed by atoms with van der Waals surface area (Å²) in [5, 5.41) is 20.5. The predicted octanol–water partition coefficient (Wildman–Crippen LogP) is 1.96. The molecule has 0 radical (unpaired) electrons. The molecule has 1 heterocycles. The van der Waals surface area contributed by atoms with E-state index in [4.69, 9.17) is 5.11 Å². The summed E-state index contributed by atoms with van der Waals surface area (Å²) in [5.74, 6) is -3.53. The van der Waals surface area contributed by atoms with Crippen molar-refractivity contribution in [2.24, 2.45) is 0 Å². The van der Waals surface area contributed by atoms with E-state index in [2.05, 4.69) is 0 Å². The lowest BCUT2D eigenvalue weighted by molar-refractivity contribution is -0.596. The van der Waals surface area contributed by atoms with Gasteiger partial charge in [0.2, 0.25) is 5.69 Å². The first-order valence-corrected chi connectivity index (χ1v) is 4.92. The van der Waals surface area contributed by atoms with Crippen LogP contribution in [0, 0.1) is 16.8 Å². The molecule has 4 nitrogen and oxygen atoms in total. The Hall–Kier alpha value is -2.50. The molecule has 0 aliphatic rings. The van der Waals surface area contributed by atoms with Crippen LogP contribution in [-0.2, 0) is 0 Å². The molecular weight excluding hydrogens is 244 g/mol. The van der Waals surface area contributed by atoms with Crippen molar-refractivity contribution in [2.75, 3.05) is 0 Å². The molecule has 0 unspecified atom stereocenters. The van der Waals surface area contributed by atoms with Crippen molar-refractivity contribution in [3.63, 3.8) is 0 Å². The van der Waals surface area contributed by atoms with E-state index < -0.39 is 23.3 Å². The summed E-state index contributed by atoms with van der Waals surface area (Å²) in [7, 11) is 0. The molecule has 0 aliphatic carbocycles. The van der Waals surface area contributed by atoms with Crippen LogP contribution in [0.25, 0.3) is 11.3 Å². The van der Waals surface area contributed by atoms with Crippen LogP contribution in [0.1, 0.15) is 10.5 Å². The van der Waals surface area contributed by atoms with Gasteiger partial charge in [0.25, 0.3) is 0 Å². The van der Waals surface area contributed by atoms with Crippen LogP contribution in [0.3, 0.4) is 0 Å². The first-order valence-electron chi connectivity index (χ1n) is 4.92. The van der Waals surface area contributed by atoms with Gasteiger partial charge in [-0.15, -0.1) is 0 Å². The first-order chi connectivity index (χ1) is 8.50. The smallest absolute Gasteiger partial charge is 0.402 e. The molecule has 0 saturated heterocycles. The Morgan fingerprint density at radius 2 is 1.89 bits per heavy atom. The number of aromatic nitrogens is 1. The van der Waals surface area contributed by atoms with E-state index in [0.29, 0.717) is 0 Å². The number of carboxylic acids is 1. The van der Waals surface area contributed by atoms with Crippen LogP contribution >= 0.6 is 0 Å². The minimum atomic E-state index is -1.39. The number of carbonyl (C=O) groups is 1. The van der Waals surface area contributed by atoms with Crippen molar-refractivity contribution >= 4 is 5.97 Å². The summed E-state index contributed by atoms with van der Waals surface area (Å²) in [6, 6.07) is 6.72. The molecular formula is C12H7F2NO3. The van der Waals surface area contributed by atoms with Crippen LogP contribution in [0.2, 0.25) is 0 Å². The number of rotatable bonds is 2. The maximum Gasteiger partial charge on any atom is 0.402 e. The summed E-state index contributed by atoms with van der Waals surface area (Å²) in [5.41, 5.74) is -0.446. The number of aromatic carboxylic acids is 1. The summed E-state index contributed by atoms with van der Waals surface area (Å²) in [4.78, 5) is 10.8. The van der Waals surface area contributed by atoms with E-state index >= 15 is 0 Å². The Morgan fingerprint density at radius 1 is 1.17 bits per heavy atom. The van der Waals surface area contributed by atoms with Gasteiger partial charge in [-0.3, -0.25) is 0 Å². The average Bonchev–Trinajstić information content (AvgIpc) is 2.33. The SMILES string of the molecule is O=C(O)c1cccc(-c2ccc(F)c(F)c2)[n+]1[O-]. The number of carboxylic acid groups (broad SMARTS) is 1. The standard InChI is InChI=1S/C12H7F2NO3/c13-8-5-4-7(6-9(8)14)10-2-1-3-11(12(16)17)15(10)18/h1-6H,(H,16,17). The summed E-state index contributed by atoms with van der Waals surface area (Å²) < 4.78 is 26.0. The highest BCUT2D eigenvalue weighted by Gasteiger charge is 2.19. The highest BCUT2D eigenvalue weighted by molar-refractivity contribution is 5.84. The van der Waals surface area contributed by atoms with Crippen molar-refractivity contribution in [1.29, 1.82) is 0 Å². The zero-order valence-electron chi connectivity index (χ0n) is 8.93. The third-order valence-corrected chi connectivity index (χ3v) is 2.38. The van der Waals surface area contributed by atoms with Gasteiger partial charge in [0, 0.05) is 12.1 Å². The highest BCUT2D eigenvalue weighted by atomic mass is 19.2. The zero-order chi connectivity index (χ0) is 13.3. The molecule has 0 aliphatic heterocycles. The van der Waals surface area contributed by atoms with Gasteiger partial charge in [0.1, 0.15) is 0 Å². The molecule has 0 bridgehead atoms. The van der Waals surface area contributed by atoms with Crippen LogP contribution in [-0.4, -0.2) is 11.1 Å². The fourth-order valence-corrected chi connectivity index (χ4v) is 1.52. The van der Waals surface area contributed by atoms with Crippen molar-refractivity contribution in [2.45, 2.75) is 0 Å². The van der Waals surface area contributed by atoms with E-state index in [1.807, 2.05) is 0 Å². The van der Waals surface area contributed by atoms with Crippen LogP contribution in [0.5, 0.6) is 0 Å². The molecule has 0 amide bonds. The summed E-state index contributed by atoms with van der Waals surface area (Å²) in [6.07, 6.45) is 0. The third kappa shape index (κ3) is 2.00. The predicted molar refractivity (Wildman–Crippen MR) is 57.7 cm³/mol. The maximum atomic E-state index is 13.1. The second-order valence-electron chi connectivity index (χ2n) is 3.52. The van der Waals surface area contributed by atoms with Gasteiger partial charge >= 0.3 is 11.7 Å². The molecule has 1 aromatic carbocycles. The van der Waals surface area contributed by atoms with Gasteiger partial charge in [0.15, 0.2) is 11.6 Å². The van der Waals surface area contributed by atoms with Crippen molar-refractivity contribution in [3.05, 3.63) is 58.9 Å². The molecule has 6 heteroatoms. The fraction of sp³-hybridized carbons (Fsp3) is 0. The zero-order valence-corrected chi connectivity index (χ0v) is 8.93. The number of benzene rings is 1. The second kappa shape index (κ2) is 4.40. The fourth-order valence-electron chi connectivity index (χ4n) is 1.52. The molecule has 1 N–H and O–H groups in total. The lowest BCUT2D eigenvalue weighted by atomic mass is 10.1. The van der Waals surface area contributed by atoms with E-state index in [-0.39, 0.29) is 16.0 Å². The van der Waals surface area contributed by atoms with E-state index in [1.165, 1.54) is 18.2 Å². The normalized spacial score (nSPS) is 10.3. The average molecular weight is 251 g/mol. The maximum absolute atomic E-state index is 13.1. The molecule has 0 fully saturated rings. The largest absolute Gasteiger partial charge is 0.618 e. The van der Waals surface area contributed by atoms with Gasteiger partial charge in [-0.1, -0.05) is 0 Å². The van der Waals surface area contributed by atoms with E-state index in [0.717, 1.165) is 18.2 Å². The van der Waals surface area contributed by atoms with Crippen LogP contribution in [0.4, 0.5) is 8.78 Å². The number of nitrogens with zero attached hydrogens (tertiary/aromatic N) is 1. The number of hydrogen-bond acceptors (Lipinski definition) is 2. The molecule has 92 valence electrons. The lowest BCUT2D eigenvalue weighted by Gasteiger charge is -2.06. The number of hydrogen-bond donors (Lipinski definition) is 1. The lowest BCUT2D eigenvalue weighted by Crippen LogP contribution is -2.36. The van der Waals surface area contributed by atoms with Crippen molar-refractivity contribution < 1.29 is 23.4 Å². The van der Waals surface area contributed by atoms with Crippen molar-refractivity contribution in [1.82, 2.24) is 0 Å². The molecule has 2 aromatic rings. The summed E-state index contributed by atoms with van der Waals surface area (Å²) >= 11 is 0. The van der Waals surface area contributed by atoms with Gasteiger partial charge in [-0.25, -0.2) is 13.6 Å². The Bertz CT molecular complexity index is 629. The van der Waals surface area contributed by atoms with Gasteiger partial charge in [-0.2, -0.15) is 4.73 Å². The van der Waals surface area contributed by atoms with Crippen LogP contribution < -0.4 is 4.73 Å².